The number of rotatable bonds is 3. The minimum atomic E-state index is 0.0782. The average molecular weight is 334 g/mol. The summed E-state index contributed by atoms with van der Waals surface area (Å²) in [4.78, 5) is 15.4. The van der Waals surface area contributed by atoms with E-state index in [0.717, 1.165) is 31.2 Å². The highest BCUT2D eigenvalue weighted by atomic mass is 16.2. The van der Waals surface area contributed by atoms with Crippen molar-refractivity contribution in [2.45, 2.75) is 101 Å². The quantitative estimate of drug-likeness (QED) is 0.835. The zero-order valence-electron chi connectivity index (χ0n) is 15.1. The number of nitrogens with zero attached hydrogens (tertiary/aromatic N) is 1. The first-order chi connectivity index (χ1) is 11.8. The van der Waals surface area contributed by atoms with Crippen LogP contribution in [0.4, 0.5) is 0 Å². The lowest BCUT2D eigenvalue weighted by Crippen LogP contribution is -2.51. The number of amides is 1. The highest BCUT2D eigenvalue weighted by molar-refractivity contribution is 5.82. The Balaban J connectivity index is 1.21. The number of carbonyl (C=O) groups is 1. The van der Waals surface area contributed by atoms with Gasteiger partial charge in [0.05, 0.1) is 6.04 Å². The van der Waals surface area contributed by atoms with Crippen LogP contribution in [0.15, 0.2) is 0 Å². The molecule has 2 saturated carbocycles. The van der Waals surface area contributed by atoms with Crippen molar-refractivity contribution in [3.8, 4) is 0 Å². The monoisotopic (exact) mass is 333 g/mol. The van der Waals surface area contributed by atoms with Crippen LogP contribution in [0.2, 0.25) is 0 Å². The minimum absolute atomic E-state index is 0.0782. The Morgan fingerprint density at radius 1 is 0.875 bits per heavy atom. The summed E-state index contributed by atoms with van der Waals surface area (Å²) in [5.74, 6) is 1.03. The Morgan fingerprint density at radius 2 is 1.58 bits per heavy atom. The van der Waals surface area contributed by atoms with Crippen molar-refractivity contribution < 1.29 is 4.79 Å². The third kappa shape index (κ3) is 3.80. The van der Waals surface area contributed by atoms with Gasteiger partial charge in [-0.05, 0) is 50.9 Å². The normalized spacial score (nSPS) is 36.4. The predicted molar refractivity (Wildman–Crippen MR) is 96.9 cm³/mol. The molecule has 136 valence electrons. The number of fused-ring (bicyclic) bond motifs is 1. The first-order valence-corrected chi connectivity index (χ1v) is 10.6. The molecule has 0 bridgehead atoms. The van der Waals surface area contributed by atoms with Crippen LogP contribution >= 0.6 is 0 Å². The molecule has 4 heteroatoms. The summed E-state index contributed by atoms with van der Waals surface area (Å²) in [6.45, 7) is 2.36. The van der Waals surface area contributed by atoms with E-state index in [2.05, 4.69) is 15.5 Å². The van der Waals surface area contributed by atoms with Crippen molar-refractivity contribution in [1.29, 1.82) is 0 Å². The molecule has 0 radical (unpaired) electrons. The third-order valence-corrected chi connectivity index (χ3v) is 7.15. The first kappa shape index (κ1) is 16.8. The average Bonchev–Trinajstić information content (AvgIpc) is 3.07. The van der Waals surface area contributed by atoms with Crippen molar-refractivity contribution in [1.82, 2.24) is 15.5 Å². The number of carbonyl (C=O) groups excluding carboxylic acids is 1. The van der Waals surface area contributed by atoms with Crippen LogP contribution in [0, 0.1) is 5.92 Å². The van der Waals surface area contributed by atoms with Gasteiger partial charge in [-0.3, -0.25) is 4.79 Å². The maximum atomic E-state index is 12.7. The van der Waals surface area contributed by atoms with E-state index in [4.69, 9.17) is 0 Å². The van der Waals surface area contributed by atoms with Gasteiger partial charge in [0.1, 0.15) is 0 Å². The Hall–Kier alpha value is -0.610. The molecular weight excluding hydrogens is 298 g/mol. The Bertz CT molecular complexity index is 413. The lowest BCUT2D eigenvalue weighted by atomic mass is 9.85. The SMILES string of the molecule is O=C(NC1CCN(C2CCCCC2)CC1)C1CC2CCCCC2N1. The van der Waals surface area contributed by atoms with Crippen molar-refractivity contribution in [2.24, 2.45) is 5.92 Å². The molecule has 4 nitrogen and oxygen atoms in total. The van der Waals surface area contributed by atoms with Gasteiger partial charge in [-0.15, -0.1) is 0 Å². The molecule has 3 atom stereocenters. The highest BCUT2D eigenvalue weighted by Crippen LogP contribution is 2.33. The smallest absolute Gasteiger partial charge is 0.237 e. The van der Waals surface area contributed by atoms with Crippen molar-refractivity contribution in [2.75, 3.05) is 13.1 Å². The van der Waals surface area contributed by atoms with E-state index in [1.165, 1.54) is 70.9 Å². The van der Waals surface area contributed by atoms with E-state index < -0.39 is 0 Å². The number of nitrogens with one attached hydrogen (secondary N) is 2. The van der Waals surface area contributed by atoms with Gasteiger partial charge < -0.3 is 15.5 Å². The molecule has 0 aromatic carbocycles. The molecule has 1 amide bonds. The molecular formula is C20H35N3O. The van der Waals surface area contributed by atoms with Gasteiger partial charge in [0.25, 0.3) is 0 Å². The van der Waals surface area contributed by atoms with E-state index in [9.17, 15) is 4.79 Å². The molecule has 2 saturated heterocycles. The summed E-state index contributed by atoms with van der Waals surface area (Å²) in [6, 6.07) is 1.92. The van der Waals surface area contributed by atoms with Crippen molar-refractivity contribution in [3.63, 3.8) is 0 Å². The second-order valence-corrected chi connectivity index (χ2v) is 8.72. The van der Waals surface area contributed by atoms with Crippen LogP contribution in [0.5, 0.6) is 0 Å². The van der Waals surface area contributed by atoms with Crippen LogP contribution in [0.25, 0.3) is 0 Å². The maximum Gasteiger partial charge on any atom is 0.237 e. The Morgan fingerprint density at radius 3 is 2.33 bits per heavy atom. The maximum absolute atomic E-state index is 12.7. The molecule has 4 fully saturated rings. The summed E-state index contributed by atoms with van der Waals surface area (Å²) in [6.07, 6.45) is 15.7. The highest BCUT2D eigenvalue weighted by Gasteiger charge is 2.38. The second kappa shape index (κ2) is 7.74. The predicted octanol–water partition coefficient (Wildman–Crippen LogP) is 2.82. The van der Waals surface area contributed by atoms with Gasteiger partial charge in [0, 0.05) is 31.2 Å². The molecule has 24 heavy (non-hydrogen) atoms. The number of hydrogen-bond acceptors (Lipinski definition) is 3. The minimum Gasteiger partial charge on any atom is -0.352 e. The number of piperidine rings is 1. The first-order valence-electron chi connectivity index (χ1n) is 10.6. The lowest BCUT2D eigenvalue weighted by molar-refractivity contribution is -0.124. The van der Waals surface area contributed by atoms with E-state index in [1.54, 1.807) is 0 Å². The molecule has 4 rings (SSSR count). The van der Waals surface area contributed by atoms with E-state index in [0.29, 0.717) is 12.1 Å². The van der Waals surface area contributed by atoms with Crippen LogP contribution in [-0.2, 0) is 4.79 Å². The van der Waals surface area contributed by atoms with Gasteiger partial charge in [-0.1, -0.05) is 32.1 Å². The van der Waals surface area contributed by atoms with E-state index in [1.807, 2.05) is 0 Å². The van der Waals surface area contributed by atoms with Gasteiger partial charge in [0.15, 0.2) is 0 Å². The van der Waals surface area contributed by atoms with Crippen LogP contribution in [0.3, 0.4) is 0 Å². The fourth-order valence-electron chi connectivity index (χ4n) is 5.68. The van der Waals surface area contributed by atoms with Crippen LogP contribution in [0.1, 0.15) is 77.0 Å². The Labute approximate surface area is 147 Å². The molecule has 2 heterocycles. The fourth-order valence-corrected chi connectivity index (χ4v) is 5.68. The molecule has 3 unspecified atom stereocenters. The fraction of sp³-hybridized carbons (Fsp3) is 0.950. The summed E-state index contributed by atoms with van der Waals surface area (Å²) < 4.78 is 0. The van der Waals surface area contributed by atoms with Crippen molar-refractivity contribution in [3.05, 3.63) is 0 Å². The zero-order valence-corrected chi connectivity index (χ0v) is 15.1. The van der Waals surface area contributed by atoms with Crippen LogP contribution in [-0.4, -0.2) is 48.1 Å². The summed E-state index contributed by atoms with van der Waals surface area (Å²) >= 11 is 0. The summed E-state index contributed by atoms with van der Waals surface area (Å²) in [7, 11) is 0. The molecule has 0 aromatic heterocycles. The molecule has 0 spiro atoms. The van der Waals surface area contributed by atoms with Gasteiger partial charge >= 0.3 is 0 Å². The molecule has 0 aromatic rings. The van der Waals surface area contributed by atoms with Gasteiger partial charge in [0.2, 0.25) is 5.91 Å². The van der Waals surface area contributed by atoms with E-state index in [-0.39, 0.29) is 11.9 Å². The van der Waals surface area contributed by atoms with Gasteiger partial charge in [-0.25, -0.2) is 0 Å². The molecule has 4 aliphatic rings. The molecule has 2 aliphatic heterocycles. The number of hydrogen-bond donors (Lipinski definition) is 2. The van der Waals surface area contributed by atoms with E-state index >= 15 is 0 Å². The summed E-state index contributed by atoms with van der Waals surface area (Å²) in [5.41, 5.74) is 0. The second-order valence-electron chi connectivity index (χ2n) is 8.72. The topological polar surface area (TPSA) is 44.4 Å². The lowest BCUT2D eigenvalue weighted by Gasteiger charge is -2.39. The van der Waals surface area contributed by atoms with Gasteiger partial charge in [-0.2, -0.15) is 0 Å². The third-order valence-electron chi connectivity index (χ3n) is 7.15. The van der Waals surface area contributed by atoms with Crippen LogP contribution < -0.4 is 10.6 Å². The number of likely N-dealkylation sites (tertiary alicyclic amines) is 1. The van der Waals surface area contributed by atoms with Crippen molar-refractivity contribution >= 4 is 5.91 Å². The molecule has 2 N–H and O–H groups in total. The molecule has 2 aliphatic carbocycles. The standard InChI is InChI=1S/C20H35N3O/c24-20(19-14-15-6-4-5-9-18(15)22-19)21-16-10-12-23(13-11-16)17-7-2-1-3-8-17/h15-19,22H,1-14H2,(H,21,24). The summed E-state index contributed by atoms with van der Waals surface area (Å²) in [5, 5.41) is 6.99. The zero-order chi connectivity index (χ0) is 16.4. The Kier molecular flexibility index (Phi) is 5.43. The largest absolute Gasteiger partial charge is 0.352 e.